The van der Waals surface area contributed by atoms with Crippen LogP contribution in [0.25, 0.3) is 0 Å². The molecule has 0 fully saturated rings. The molecule has 0 saturated heterocycles. The topological polar surface area (TPSA) is 88.0 Å². The Bertz CT molecular complexity index is 708. The molecular formula is C16H14N2O4. The molecule has 0 atom stereocenters. The second-order valence-electron chi connectivity index (χ2n) is 4.33. The number of methoxy groups -OCH3 is 1. The summed E-state index contributed by atoms with van der Waals surface area (Å²) in [5.41, 5.74) is 4.43. The van der Waals surface area contributed by atoms with E-state index < -0.39 is 11.9 Å². The van der Waals surface area contributed by atoms with Crippen LogP contribution in [0.1, 0.15) is 26.3 Å². The molecule has 0 aliphatic heterocycles. The van der Waals surface area contributed by atoms with Gasteiger partial charge < -0.3 is 9.84 Å². The van der Waals surface area contributed by atoms with Gasteiger partial charge in [0.1, 0.15) is 0 Å². The van der Waals surface area contributed by atoms with Crippen molar-refractivity contribution in [2.24, 2.45) is 5.10 Å². The molecule has 6 nitrogen and oxygen atoms in total. The summed E-state index contributed by atoms with van der Waals surface area (Å²) in [6, 6.07) is 13.1. The standard InChI is InChI=1S/C16H14N2O4/c1-22-16(21)12-8-6-11(7-9-12)10-17-18-14-5-3-2-4-13(14)15(19)20/h2-10,18H,1H3,(H,19,20). The van der Waals surface area contributed by atoms with E-state index in [2.05, 4.69) is 15.3 Å². The molecule has 0 amide bonds. The fourth-order valence-electron chi connectivity index (χ4n) is 1.77. The molecule has 0 aliphatic rings. The molecule has 2 aromatic carbocycles. The lowest BCUT2D eigenvalue weighted by atomic mass is 10.1. The van der Waals surface area contributed by atoms with Gasteiger partial charge >= 0.3 is 11.9 Å². The maximum atomic E-state index is 11.3. The van der Waals surface area contributed by atoms with Gasteiger partial charge in [0.25, 0.3) is 0 Å². The van der Waals surface area contributed by atoms with Crippen LogP contribution in [0.15, 0.2) is 53.6 Å². The molecule has 2 aromatic rings. The predicted octanol–water partition coefficient (Wildman–Crippen LogP) is 2.62. The highest BCUT2D eigenvalue weighted by atomic mass is 16.5. The molecule has 0 saturated carbocycles. The number of anilines is 1. The Morgan fingerprint density at radius 3 is 2.45 bits per heavy atom. The van der Waals surface area contributed by atoms with E-state index in [1.165, 1.54) is 19.4 Å². The summed E-state index contributed by atoms with van der Waals surface area (Å²) in [6.45, 7) is 0. The maximum absolute atomic E-state index is 11.3. The number of ether oxygens (including phenoxy) is 1. The number of rotatable bonds is 5. The third-order valence-electron chi connectivity index (χ3n) is 2.89. The van der Waals surface area contributed by atoms with Crippen molar-refractivity contribution >= 4 is 23.8 Å². The van der Waals surface area contributed by atoms with Crippen LogP contribution < -0.4 is 5.43 Å². The van der Waals surface area contributed by atoms with Crippen molar-refractivity contribution in [3.8, 4) is 0 Å². The van der Waals surface area contributed by atoms with Crippen molar-refractivity contribution in [1.82, 2.24) is 0 Å². The summed E-state index contributed by atoms with van der Waals surface area (Å²) in [7, 11) is 1.32. The first-order valence-electron chi connectivity index (χ1n) is 6.41. The summed E-state index contributed by atoms with van der Waals surface area (Å²) in [5, 5.41) is 13.0. The molecule has 0 radical (unpaired) electrons. The van der Waals surface area contributed by atoms with E-state index in [1.807, 2.05) is 0 Å². The van der Waals surface area contributed by atoms with Crippen LogP contribution in [0, 0.1) is 0 Å². The normalized spacial score (nSPS) is 10.4. The van der Waals surface area contributed by atoms with E-state index in [0.717, 1.165) is 5.56 Å². The minimum atomic E-state index is -1.03. The third-order valence-corrected chi connectivity index (χ3v) is 2.89. The lowest BCUT2D eigenvalue weighted by Gasteiger charge is -2.04. The SMILES string of the molecule is COC(=O)c1ccc(C=NNc2ccccc2C(=O)O)cc1. The van der Waals surface area contributed by atoms with Crippen LogP contribution in [-0.2, 0) is 4.74 Å². The number of carbonyl (C=O) groups excluding carboxylic acids is 1. The van der Waals surface area contributed by atoms with Gasteiger partial charge in [0.05, 0.1) is 30.1 Å². The number of hydrogen-bond donors (Lipinski definition) is 2. The number of carboxylic acid groups (broad SMARTS) is 1. The lowest BCUT2D eigenvalue weighted by Crippen LogP contribution is -2.02. The van der Waals surface area contributed by atoms with Crippen LogP contribution in [0.3, 0.4) is 0 Å². The smallest absolute Gasteiger partial charge is 0.337 e. The average molecular weight is 298 g/mol. The molecule has 0 aliphatic carbocycles. The monoisotopic (exact) mass is 298 g/mol. The quantitative estimate of drug-likeness (QED) is 0.503. The van der Waals surface area contributed by atoms with Gasteiger partial charge in [-0.15, -0.1) is 0 Å². The van der Waals surface area contributed by atoms with Gasteiger partial charge in [0.2, 0.25) is 0 Å². The third kappa shape index (κ3) is 3.69. The summed E-state index contributed by atoms with van der Waals surface area (Å²) in [6.07, 6.45) is 1.53. The second-order valence-corrected chi connectivity index (χ2v) is 4.33. The molecule has 0 bridgehead atoms. The van der Waals surface area contributed by atoms with Gasteiger partial charge in [0, 0.05) is 0 Å². The van der Waals surface area contributed by atoms with E-state index in [9.17, 15) is 9.59 Å². The summed E-state index contributed by atoms with van der Waals surface area (Å²) < 4.78 is 4.61. The average Bonchev–Trinajstić information content (AvgIpc) is 2.55. The molecule has 22 heavy (non-hydrogen) atoms. The van der Waals surface area contributed by atoms with Gasteiger partial charge in [0.15, 0.2) is 0 Å². The molecule has 0 heterocycles. The number of nitrogens with one attached hydrogen (secondary N) is 1. The second kappa shape index (κ2) is 7.03. The van der Waals surface area contributed by atoms with Crippen LogP contribution in [0.4, 0.5) is 5.69 Å². The highest BCUT2D eigenvalue weighted by molar-refractivity contribution is 5.94. The lowest BCUT2D eigenvalue weighted by molar-refractivity contribution is 0.0600. The summed E-state index contributed by atoms with van der Waals surface area (Å²) >= 11 is 0. The highest BCUT2D eigenvalue weighted by Crippen LogP contribution is 2.14. The van der Waals surface area contributed by atoms with Crippen molar-refractivity contribution in [2.75, 3.05) is 12.5 Å². The molecule has 6 heteroatoms. The number of hydrogen-bond acceptors (Lipinski definition) is 5. The number of carboxylic acids is 1. The van der Waals surface area contributed by atoms with Crippen LogP contribution in [-0.4, -0.2) is 30.4 Å². The van der Waals surface area contributed by atoms with Crippen LogP contribution in [0.2, 0.25) is 0 Å². The number of hydrazone groups is 1. The minimum Gasteiger partial charge on any atom is -0.478 e. The molecule has 0 unspecified atom stereocenters. The summed E-state index contributed by atoms with van der Waals surface area (Å²) in [5.74, 6) is -1.43. The number of benzene rings is 2. The molecule has 0 spiro atoms. The van der Waals surface area contributed by atoms with Crippen molar-refractivity contribution in [2.45, 2.75) is 0 Å². The first-order chi connectivity index (χ1) is 10.6. The first kappa shape index (κ1) is 15.2. The number of carbonyl (C=O) groups is 2. The van der Waals surface area contributed by atoms with E-state index in [0.29, 0.717) is 11.3 Å². The molecular weight excluding hydrogens is 284 g/mol. The predicted molar refractivity (Wildman–Crippen MR) is 82.4 cm³/mol. The van der Waals surface area contributed by atoms with Gasteiger partial charge in [-0.1, -0.05) is 24.3 Å². The fraction of sp³-hybridized carbons (Fsp3) is 0.0625. The zero-order chi connectivity index (χ0) is 15.9. The Labute approximate surface area is 127 Å². The number of para-hydroxylation sites is 1. The van der Waals surface area contributed by atoms with E-state index in [1.54, 1.807) is 42.5 Å². The minimum absolute atomic E-state index is 0.140. The van der Waals surface area contributed by atoms with Gasteiger partial charge in [-0.25, -0.2) is 9.59 Å². The zero-order valence-corrected chi connectivity index (χ0v) is 11.8. The van der Waals surface area contributed by atoms with Crippen molar-refractivity contribution in [3.63, 3.8) is 0 Å². The number of aromatic carboxylic acids is 1. The number of esters is 1. The van der Waals surface area contributed by atoms with E-state index >= 15 is 0 Å². The fourth-order valence-corrected chi connectivity index (χ4v) is 1.77. The van der Waals surface area contributed by atoms with E-state index in [-0.39, 0.29) is 5.56 Å². The van der Waals surface area contributed by atoms with Crippen molar-refractivity contribution < 1.29 is 19.4 Å². The van der Waals surface area contributed by atoms with Crippen LogP contribution in [0.5, 0.6) is 0 Å². The van der Waals surface area contributed by atoms with Gasteiger partial charge in [-0.05, 0) is 29.8 Å². The highest BCUT2D eigenvalue weighted by Gasteiger charge is 2.07. The largest absolute Gasteiger partial charge is 0.478 e. The van der Waals surface area contributed by atoms with Gasteiger partial charge in [-0.3, -0.25) is 5.43 Å². The zero-order valence-electron chi connectivity index (χ0n) is 11.8. The Balaban J connectivity index is 2.07. The summed E-state index contributed by atoms with van der Waals surface area (Å²) in [4.78, 5) is 22.4. The maximum Gasteiger partial charge on any atom is 0.337 e. The van der Waals surface area contributed by atoms with E-state index in [4.69, 9.17) is 5.11 Å². The molecule has 0 aromatic heterocycles. The first-order valence-corrected chi connectivity index (χ1v) is 6.41. The Morgan fingerprint density at radius 2 is 1.82 bits per heavy atom. The molecule has 2 N–H and O–H groups in total. The Hall–Kier alpha value is -3.15. The van der Waals surface area contributed by atoms with Crippen LogP contribution >= 0.6 is 0 Å². The molecule has 112 valence electrons. The Kier molecular flexibility index (Phi) is 4.87. The Morgan fingerprint density at radius 1 is 1.14 bits per heavy atom. The van der Waals surface area contributed by atoms with Crippen molar-refractivity contribution in [1.29, 1.82) is 0 Å². The molecule has 2 rings (SSSR count). The van der Waals surface area contributed by atoms with Gasteiger partial charge in [-0.2, -0.15) is 5.10 Å². The number of nitrogens with zero attached hydrogens (tertiary/aromatic N) is 1. The van der Waals surface area contributed by atoms with Crippen molar-refractivity contribution in [3.05, 3.63) is 65.2 Å².